The van der Waals surface area contributed by atoms with Crippen molar-refractivity contribution in [2.45, 2.75) is 0 Å². The first kappa shape index (κ1) is 38.5. The molecule has 67 heavy (non-hydrogen) atoms. The fraction of sp³-hybridized carbons (Fsp3) is 0. The third kappa shape index (κ3) is 6.51. The number of hydrogen-bond donors (Lipinski definition) is 0. The summed E-state index contributed by atoms with van der Waals surface area (Å²) in [7, 11) is 0. The van der Waals surface area contributed by atoms with E-state index in [2.05, 4.69) is 252 Å². The number of fused-ring (bicyclic) bond motifs is 7. The van der Waals surface area contributed by atoms with Crippen LogP contribution in [0.2, 0.25) is 0 Å². The van der Waals surface area contributed by atoms with Crippen LogP contribution in [0.5, 0.6) is 0 Å². The first-order chi connectivity index (χ1) is 33.2. The van der Waals surface area contributed by atoms with Crippen LogP contribution in [-0.4, -0.2) is 4.57 Å². The third-order valence-corrected chi connectivity index (χ3v) is 13.4. The number of rotatable bonds is 8. The molecular weight excluding hydrogens is 813 g/mol. The Kier molecular flexibility index (Phi) is 9.17. The zero-order valence-corrected chi connectivity index (χ0v) is 36.6. The highest BCUT2D eigenvalue weighted by molar-refractivity contribution is 6.11. The van der Waals surface area contributed by atoms with Gasteiger partial charge in [-0.05, 0) is 105 Å². The van der Waals surface area contributed by atoms with Crippen molar-refractivity contribution in [3.05, 3.63) is 255 Å². The molecule has 0 spiro atoms. The Morgan fingerprint density at radius 3 is 1.55 bits per heavy atom. The van der Waals surface area contributed by atoms with Crippen molar-refractivity contribution in [3.8, 4) is 50.2 Å². The smallest absolute Gasteiger partial charge is 0.143 e. The highest BCUT2D eigenvalue weighted by Crippen LogP contribution is 2.43. The molecule has 11 aromatic carbocycles. The van der Waals surface area contributed by atoms with Crippen molar-refractivity contribution in [1.29, 1.82) is 0 Å². The van der Waals surface area contributed by atoms with Gasteiger partial charge in [0.2, 0.25) is 0 Å². The number of hydrogen-bond acceptors (Lipinski definition) is 2. The first-order valence-electron chi connectivity index (χ1n) is 22.9. The summed E-state index contributed by atoms with van der Waals surface area (Å²) < 4.78 is 8.90. The second-order valence-electron chi connectivity index (χ2n) is 17.2. The van der Waals surface area contributed by atoms with Crippen LogP contribution in [0.3, 0.4) is 0 Å². The zero-order valence-electron chi connectivity index (χ0n) is 36.6. The highest BCUT2D eigenvalue weighted by atomic mass is 16.3. The topological polar surface area (TPSA) is 21.3 Å². The Hall–Kier alpha value is -8.92. The van der Waals surface area contributed by atoms with Crippen LogP contribution in [0.25, 0.3) is 105 Å². The van der Waals surface area contributed by atoms with Gasteiger partial charge in [-0.15, -0.1) is 0 Å². The molecular formula is C64H42N2O. The molecule has 0 atom stereocenters. The molecule has 2 heterocycles. The van der Waals surface area contributed by atoms with Crippen molar-refractivity contribution in [3.63, 3.8) is 0 Å². The molecule has 0 N–H and O–H groups in total. The number of nitrogens with zero attached hydrogens (tertiary/aromatic N) is 2. The SMILES string of the molecule is c1cc(-c2cccc3ccccc23)cc(N(c2ccc(-c3ccccc3-c3ccccc3-n3c4ccccc4c4ccccc43)cc2)c2ccc(-c3cccc4c3oc3ccccc34)cc2)c1. The zero-order chi connectivity index (χ0) is 44.3. The Morgan fingerprint density at radius 2 is 0.806 bits per heavy atom. The summed E-state index contributed by atoms with van der Waals surface area (Å²) in [5.41, 5.74) is 17.8. The maximum atomic E-state index is 6.47. The van der Waals surface area contributed by atoms with E-state index in [1.54, 1.807) is 0 Å². The molecule has 13 rings (SSSR count). The van der Waals surface area contributed by atoms with E-state index in [4.69, 9.17) is 4.42 Å². The van der Waals surface area contributed by atoms with Gasteiger partial charge in [-0.2, -0.15) is 0 Å². The average Bonchev–Trinajstić information content (AvgIpc) is 3.95. The fourth-order valence-electron chi connectivity index (χ4n) is 10.3. The molecule has 0 radical (unpaired) electrons. The lowest BCUT2D eigenvalue weighted by molar-refractivity contribution is 0.670. The lowest BCUT2D eigenvalue weighted by Crippen LogP contribution is -2.10. The minimum atomic E-state index is 0.900. The van der Waals surface area contributed by atoms with Gasteiger partial charge < -0.3 is 13.9 Å². The Balaban J connectivity index is 0.924. The molecule has 0 amide bonds. The fourth-order valence-corrected chi connectivity index (χ4v) is 10.3. The van der Waals surface area contributed by atoms with Gasteiger partial charge in [0.25, 0.3) is 0 Å². The van der Waals surface area contributed by atoms with Crippen LogP contribution in [0.4, 0.5) is 17.1 Å². The van der Waals surface area contributed by atoms with Crippen LogP contribution in [0.15, 0.2) is 259 Å². The summed E-state index contributed by atoms with van der Waals surface area (Å²) in [6, 6.07) is 91.9. The maximum Gasteiger partial charge on any atom is 0.143 e. The maximum absolute atomic E-state index is 6.47. The second kappa shape index (κ2) is 16.0. The number of aromatic nitrogens is 1. The first-order valence-corrected chi connectivity index (χ1v) is 22.9. The van der Waals surface area contributed by atoms with Crippen LogP contribution in [0.1, 0.15) is 0 Å². The Labute approximate surface area is 388 Å². The summed E-state index contributed by atoms with van der Waals surface area (Å²) >= 11 is 0. The van der Waals surface area contributed by atoms with Gasteiger partial charge in [0.15, 0.2) is 0 Å². The lowest BCUT2D eigenvalue weighted by Gasteiger charge is -2.27. The van der Waals surface area contributed by atoms with Crippen molar-refractivity contribution in [2.75, 3.05) is 4.90 Å². The third-order valence-electron chi connectivity index (χ3n) is 13.4. The predicted molar refractivity (Wildman–Crippen MR) is 282 cm³/mol. The van der Waals surface area contributed by atoms with Gasteiger partial charge in [-0.1, -0.05) is 194 Å². The molecule has 0 saturated heterocycles. The van der Waals surface area contributed by atoms with E-state index in [0.717, 1.165) is 61.4 Å². The van der Waals surface area contributed by atoms with Crippen molar-refractivity contribution < 1.29 is 4.42 Å². The van der Waals surface area contributed by atoms with E-state index in [-0.39, 0.29) is 0 Å². The number of para-hydroxylation sites is 5. The molecule has 3 nitrogen and oxygen atoms in total. The summed E-state index contributed by atoms with van der Waals surface area (Å²) in [4.78, 5) is 2.37. The number of benzene rings is 11. The monoisotopic (exact) mass is 854 g/mol. The molecule has 0 aliphatic carbocycles. The van der Waals surface area contributed by atoms with Crippen LogP contribution in [0, 0.1) is 0 Å². The molecule has 0 fully saturated rings. The average molecular weight is 855 g/mol. The minimum Gasteiger partial charge on any atom is -0.455 e. The van der Waals surface area contributed by atoms with Gasteiger partial charge in [-0.25, -0.2) is 0 Å². The molecule has 3 heteroatoms. The molecule has 0 aliphatic rings. The van der Waals surface area contributed by atoms with E-state index in [9.17, 15) is 0 Å². The van der Waals surface area contributed by atoms with E-state index in [0.29, 0.717) is 0 Å². The van der Waals surface area contributed by atoms with E-state index in [1.165, 1.54) is 60.4 Å². The lowest BCUT2D eigenvalue weighted by atomic mass is 9.93. The van der Waals surface area contributed by atoms with Gasteiger partial charge in [0, 0.05) is 49.7 Å². The summed E-state index contributed by atoms with van der Waals surface area (Å²) in [5, 5.41) is 7.23. The Morgan fingerprint density at radius 1 is 0.299 bits per heavy atom. The highest BCUT2D eigenvalue weighted by Gasteiger charge is 2.20. The molecule has 0 saturated carbocycles. The van der Waals surface area contributed by atoms with Gasteiger partial charge in [0.05, 0.1) is 16.7 Å². The number of furan rings is 1. The van der Waals surface area contributed by atoms with Gasteiger partial charge in [-0.3, -0.25) is 0 Å². The molecule has 2 aromatic heterocycles. The molecule has 0 aliphatic heterocycles. The largest absolute Gasteiger partial charge is 0.455 e. The van der Waals surface area contributed by atoms with Gasteiger partial charge >= 0.3 is 0 Å². The number of anilines is 3. The summed E-state index contributed by atoms with van der Waals surface area (Å²) in [6.45, 7) is 0. The predicted octanol–water partition coefficient (Wildman–Crippen LogP) is 18.0. The van der Waals surface area contributed by atoms with Crippen LogP contribution >= 0.6 is 0 Å². The molecule has 0 unspecified atom stereocenters. The van der Waals surface area contributed by atoms with Crippen molar-refractivity contribution in [1.82, 2.24) is 4.57 Å². The van der Waals surface area contributed by atoms with E-state index >= 15 is 0 Å². The standard InChI is InChI=1S/C64H42N2O/c1-2-20-50-43(16-1)17-14-27-52(50)46-18-13-19-49(42-46)65(48-40-36-45(37-41-48)53-28-15-29-59-58-26-8-12-33-63(58)67-64(53)59)47-38-34-44(35-39-47)51-21-3-4-22-54(51)55-23-5-9-30-60(55)66-61-31-10-6-24-56(61)57-25-7-11-32-62(57)66/h1-42H. The van der Waals surface area contributed by atoms with Gasteiger partial charge in [0.1, 0.15) is 11.2 Å². The molecule has 13 aromatic rings. The van der Waals surface area contributed by atoms with Crippen LogP contribution in [-0.2, 0) is 0 Å². The Bertz CT molecular complexity index is 3930. The van der Waals surface area contributed by atoms with Crippen molar-refractivity contribution in [2.24, 2.45) is 0 Å². The normalized spacial score (nSPS) is 11.6. The quantitative estimate of drug-likeness (QED) is 0.152. The molecule has 0 bridgehead atoms. The molecule has 314 valence electrons. The summed E-state index contributed by atoms with van der Waals surface area (Å²) in [5.74, 6) is 0. The van der Waals surface area contributed by atoms with Crippen LogP contribution < -0.4 is 4.90 Å². The van der Waals surface area contributed by atoms with E-state index in [1.807, 2.05) is 12.1 Å². The van der Waals surface area contributed by atoms with E-state index < -0.39 is 0 Å². The summed E-state index contributed by atoms with van der Waals surface area (Å²) in [6.07, 6.45) is 0. The second-order valence-corrected chi connectivity index (χ2v) is 17.2. The van der Waals surface area contributed by atoms with Crippen molar-refractivity contribution >= 4 is 71.6 Å². The minimum absolute atomic E-state index is 0.900.